The molecule has 1 amide bonds. The summed E-state index contributed by atoms with van der Waals surface area (Å²) in [4.78, 5) is 25.2. The smallest absolute Gasteiger partial charge is 0.263 e. The van der Waals surface area contributed by atoms with E-state index in [0.29, 0.717) is 51.8 Å². The van der Waals surface area contributed by atoms with E-state index in [1.807, 2.05) is 0 Å². The highest BCUT2D eigenvalue weighted by atomic mass is 35.5. The van der Waals surface area contributed by atoms with E-state index < -0.39 is 6.43 Å². The van der Waals surface area contributed by atoms with Crippen molar-refractivity contribution in [2.75, 3.05) is 6.61 Å². The maximum Gasteiger partial charge on any atom is 0.263 e. The average molecular weight is 506 g/mol. The first-order chi connectivity index (χ1) is 16.4. The number of benzene rings is 1. The van der Waals surface area contributed by atoms with Crippen molar-refractivity contribution in [2.45, 2.75) is 64.0 Å². The molecule has 2 saturated carbocycles. The molecule has 4 N–H and O–H groups in total. The lowest BCUT2D eigenvalue weighted by Crippen LogP contribution is -2.40. The molecule has 0 bridgehead atoms. The van der Waals surface area contributed by atoms with Gasteiger partial charge in [0.15, 0.2) is 0 Å². The molecule has 0 unspecified atom stereocenters. The Hall–Kier alpha value is -2.78. The minimum absolute atomic E-state index is 0. The number of halogens is 3. The third-order valence-electron chi connectivity index (χ3n) is 6.79. The van der Waals surface area contributed by atoms with E-state index in [0.717, 1.165) is 38.5 Å². The van der Waals surface area contributed by atoms with Gasteiger partial charge >= 0.3 is 0 Å². The van der Waals surface area contributed by atoms with Crippen molar-refractivity contribution in [1.82, 2.24) is 20.3 Å². The molecule has 2 aromatic heterocycles. The lowest BCUT2D eigenvalue weighted by Gasteiger charge is -2.26. The number of nitrogens with two attached hydrogens (primary N) is 1. The van der Waals surface area contributed by atoms with Gasteiger partial charge in [0.25, 0.3) is 12.3 Å². The summed E-state index contributed by atoms with van der Waals surface area (Å²) >= 11 is 0. The van der Waals surface area contributed by atoms with Crippen LogP contribution in [0.2, 0.25) is 0 Å². The van der Waals surface area contributed by atoms with Crippen molar-refractivity contribution in [1.29, 1.82) is 0 Å². The first-order valence-corrected chi connectivity index (χ1v) is 11.9. The van der Waals surface area contributed by atoms with E-state index in [1.165, 1.54) is 18.5 Å². The number of carbonyl (C=O) groups excluding carboxylic acids is 1. The second-order valence-corrected chi connectivity index (χ2v) is 9.47. The maximum absolute atomic E-state index is 13.5. The van der Waals surface area contributed by atoms with Gasteiger partial charge in [-0.15, -0.1) is 12.4 Å². The Kier molecular flexibility index (Phi) is 7.56. The third kappa shape index (κ3) is 5.41. The van der Waals surface area contributed by atoms with Crippen molar-refractivity contribution in [2.24, 2.45) is 11.7 Å². The molecule has 0 aliphatic heterocycles. The van der Waals surface area contributed by atoms with Gasteiger partial charge in [-0.1, -0.05) is 0 Å². The number of aryl methyl sites for hydroxylation is 1. The van der Waals surface area contributed by atoms with E-state index >= 15 is 0 Å². The van der Waals surface area contributed by atoms with Crippen molar-refractivity contribution in [3.63, 3.8) is 0 Å². The summed E-state index contributed by atoms with van der Waals surface area (Å²) < 4.78 is 33.0. The number of amides is 1. The Bertz CT molecular complexity index is 1210. The van der Waals surface area contributed by atoms with E-state index in [2.05, 4.69) is 20.3 Å². The number of aromatic nitrogens is 3. The fraction of sp³-hybridized carbons (Fsp3) is 0.480. The quantitative estimate of drug-likeness (QED) is 0.415. The topological polar surface area (TPSA) is 106 Å². The normalized spacial score (nSPS) is 20.0. The van der Waals surface area contributed by atoms with Crippen LogP contribution in [-0.2, 0) is 0 Å². The molecule has 0 spiro atoms. The number of hydrogen-bond acceptors (Lipinski definition) is 5. The number of carbonyl (C=O) groups is 1. The monoisotopic (exact) mass is 505 g/mol. The lowest BCUT2D eigenvalue weighted by atomic mass is 9.91. The maximum atomic E-state index is 13.5. The number of rotatable bonds is 7. The van der Waals surface area contributed by atoms with Crippen LogP contribution in [0.5, 0.6) is 5.75 Å². The zero-order chi connectivity index (χ0) is 23.8. The minimum Gasteiger partial charge on any atom is -0.493 e. The highest BCUT2D eigenvalue weighted by Crippen LogP contribution is 2.38. The molecule has 2 heterocycles. The zero-order valence-electron chi connectivity index (χ0n) is 19.5. The fourth-order valence-electron chi connectivity index (χ4n) is 4.61. The molecule has 5 rings (SSSR count). The van der Waals surface area contributed by atoms with Crippen LogP contribution in [0.1, 0.15) is 66.6 Å². The molecular formula is C25H30ClF2N5O2. The summed E-state index contributed by atoms with van der Waals surface area (Å²) in [6.07, 6.45) is 4.42. The summed E-state index contributed by atoms with van der Waals surface area (Å²) in [6.45, 7) is 2.34. The molecule has 2 aliphatic carbocycles. The summed E-state index contributed by atoms with van der Waals surface area (Å²) in [7, 11) is 0. The molecule has 0 radical (unpaired) electrons. The predicted molar refractivity (Wildman–Crippen MR) is 132 cm³/mol. The molecule has 0 atom stereocenters. The first kappa shape index (κ1) is 25.3. The largest absolute Gasteiger partial charge is 0.493 e. The van der Waals surface area contributed by atoms with Crippen molar-refractivity contribution < 1.29 is 18.3 Å². The fourth-order valence-corrected chi connectivity index (χ4v) is 4.61. The molecule has 0 saturated heterocycles. The van der Waals surface area contributed by atoms with Gasteiger partial charge in [0.05, 0.1) is 17.7 Å². The summed E-state index contributed by atoms with van der Waals surface area (Å²) in [5, 5.41) is 3.11. The molecule has 10 heteroatoms. The molecule has 188 valence electrons. The summed E-state index contributed by atoms with van der Waals surface area (Å²) in [5.74, 6) is 0.791. The standard InChI is InChI=1S/C25H29F2N5O2.ClH/c1-13-20(25(33)32-17-7-5-16(28)6-8-17)22-23(31-13)21(29-12-30-22)18-10-15(24(26)27)4-9-19(18)34-11-14-2-3-14;/h4,9-10,12,14,16-17,24,31H,2-3,5-8,11,28H2,1H3,(H,32,33);1H/t16-,17-;. The van der Waals surface area contributed by atoms with E-state index in [9.17, 15) is 13.6 Å². The Labute approximate surface area is 208 Å². The van der Waals surface area contributed by atoms with Crippen LogP contribution in [0.4, 0.5) is 8.78 Å². The van der Waals surface area contributed by atoms with Crippen LogP contribution in [0.3, 0.4) is 0 Å². The van der Waals surface area contributed by atoms with E-state index in [1.54, 1.807) is 13.0 Å². The van der Waals surface area contributed by atoms with E-state index in [4.69, 9.17) is 10.5 Å². The molecule has 1 aromatic carbocycles. The number of ether oxygens (including phenoxy) is 1. The molecular weight excluding hydrogens is 476 g/mol. The van der Waals surface area contributed by atoms with Crippen LogP contribution in [-0.4, -0.2) is 39.5 Å². The number of nitrogens with zero attached hydrogens (tertiary/aromatic N) is 2. The van der Waals surface area contributed by atoms with Gasteiger partial charge in [0.1, 0.15) is 23.3 Å². The van der Waals surface area contributed by atoms with Crippen molar-refractivity contribution in [3.8, 4) is 17.0 Å². The molecule has 7 nitrogen and oxygen atoms in total. The number of fused-ring (bicyclic) bond motifs is 1. The highest BCUT2D eigenvalue weighted by Gasteiger charge is 2.27. The van der Waals surface area contributed by atoms with Crippen LogP contribution in [0.25, 0.3) is 22.3 Å². The van der Waals surface area contributed by atoms with Gasteiger partial charge < -0.3 is 20.8 Å². The Balaban J connectivity index is 0.00000289. The highest BCUT2D eigenvalue weighted by molar-refractivity contribution is 6.09. The van der Waals surface area contributed by atoms with Gasteiger partial charge in [-0.2, -0.15) is 0 Å². The van der Waals surface area contributed by atoms with Crippen LogP contribution >= 0.6 is 12.4 Å². The second-order valence-electron chi connectivity index (χ2n) is 9.47. The molecule has 2 fully saturated rings. The molecule has 3 aromatic rings. The van der Waals surface area contributed by atoms with Crippen LogP contribution < -0.4 is 15.8 Å². The average Bonchev–Trinajstić information content (AvgIpc) is 3.58. The number of H-pyrrole nitrogens is 1. The van der Waals surface area contributed by atoms with Gasteiger partial charge in [0, 0.05) is 28.9 Å². The number of hydrogen-bond donors (Lipinski definition) is 3. The molecule has 35 heavy (non-hydrogen) atoms. The SMILES string of the molecule is Cc1[nH]c2c(-c3cc(C(F)F)ccc3OCC3CC3)ncnc2c1C(=O)N[C@H]1CC[C@H](N)CC1.Cl. The minimum atomic E-state index is -2.62. The summed E-state index contributed by atoms with van der Waals surface area (Å²) in [6, 6.07) is 4.63. The second kappa shape index (κ2) is 10.5. The summed E-state index contributed by atoms with van der Waals surface area (Å²) in [5.41, 5.74) is 8.84. The van der Waals surface area contributed by atoms with Gasteiger partial charge in [-0.3, -0.25) is 4.79 Å². The van der Waals surface area contributed by atoms with Crippen molar-refractivity contribution in [3.05, 3.63) is 41.3 Å². The van der Waals surface area contributed by atoms with Gasteiger partial charge in [-0.25, -0.2) is 18.7 Å². The van der Waals surface area contributed by atoms with Crippen molar-refractivity contribution >= 4 is 29.3 Å². The third-order valence-corrected chi connectivity index (χ3v) is 6.79. The Morgan fingerprint density at radius 2 is 1.94 bits per heavy atom. The lowest BCUT2D eigenvalue weighted by molar-refractivity contribution is 0.0926. The number of nitrogens with one attached hydrogen (secondary N) is 2. The van der Waals surface area contributed by atoms with Gasteiger partial charge in [-0.05, 0) is 69.6 Å². The van der Waals surface area contributed by atoms with Crippen LogP contribution in [0, 0.1) is 12.8 Å². The molecule has 2 aliphatic rings. The number of aromatic amines is 1. The predicted octanol–water partition coefficient (Wildman–Crippen LogP) is 5.08. The number of alkyl halides is 2. The Morgan fingerprint density at radius 3 is 2.63 bits per heavy atom. The van der Waals surface area contributed by atoms with E-state index in [-0.39, 0.29) is 36.0 Å². The van der Waals surface area contributed by atoms with Crippen LogP contribution in [0.15, 0.2) is 24.5 Å². The zero-order valence-corrected chi connectivity index (χ0v) is 20.3. The Morgan fingerprint density at radius 1 is 1.20 bits per heavy atom. The first-order valence-electron chi connectivity index (χ1n) is 11.9. The van der Waals surface area contributed by atoms with Gasteiger partial charge in [0.2, 0.25) is 0 Å².